The molecule has 1 aromatic rings. The number of rotatable bonds is 1. The summed E-state index contributed by atoms with van der Waals surface area (Å²) in [5.41, 5.74) is 2.22. The van der Waals surface area contributed by atoms with Gasteiger partial charge in [-0.15, -0.1) is 0 Å². The van der Waals surface area contributed by atoms with Crippen LogP contribution >= 0.6 is 23.8 Å². The van der Waals surface area contributed by atoms with Crippen molar-refractivity contribution in [3.05, 3.63) is 46.6 Å². The Morgan fingerprint density at radius 1 is 1.27 bits per heavy atom. The van der Waals surface area contributed by atoms with Crippen LogP contribution < -0.4 is 10.6 Å². The van der Waals surface area contributed by atoms with Crippen LogP contribution in [0.3, 0.4) is 0 Å². The lowest BCUT2D eigenvalue weighted by Crippen LogP contribution is -2.40. The molecule has 0 bridgehead atoms. The summed E-state index contributed by atoms with van der Waals surface area (Å²) < 4.78 is 0. The summed E-state index contributed by atoms with van der Waals surface area (Å²) in [5.74, 6) is 0. The maximum absolute atomic E-state index is 5.83. The molecule has 1 aliphatic rings. The van der Waals surface area contributed by atoms with Gasteiger partial charge in [0.1, 0.15) is 0 Å². The Kier molecular flexibility index (Phi) is 2.93. The third-order valence-corrected chi connectivity index (χ3v) is 2.71. The number of hydrogen-bond acceptors (Lipinski definition) is 1. The Morgan fingerprint density at radius 2 is 1.93 bits per heavy atom. The summed E-state index contributed by atoms with van der Waals surface area (Å²) in [7, 11) is 0. The van der Waals surface area contributed by atoms with Crippen LogP contribution in [-0.4, -0.2) is 5.11 Å². The van der Waals surface area contributed by atoms with Crippen molar-refractivity contribution in [3.63, 3.8) is 0 Å². The molecule has 2 N–H and O–H groups in total. The highest BCUT2D eigenvalue weighted by Crippen LogP contribution is 2.20. The summed E-state index contributed by atoms with van der Waals surface area (Å²) in [5, 5.41) is 7.64. The lowest BCUT2D eigenvalue weighted by atomic mass is 10.1. The van der Waals surface area contributed by atoms with Gasteiger partial charge in [-0.2, -0.15) is 0 Å². The smallest absolute Gasteiger partial charge is 0.171 e. The van der Waals surface area contributed by atoms with E-state index in [0.717, 1.165) is 16.3 Å². The second kappa shape index (κ2) is 4.21. The van der Waals surface area contributed by atoms with Crippen LogP contribution in [0.5, 0.6) is 0 Å². The highest BCUT2D eigenvalue weighted by Gasteiger charge is 2.14. The molecule has 4 heteroatoms. The zero-order chi connectivity index (χ0) is 10.8. The van der Waals surface area contributed by atoms with Gasteiger partial charge in [-0.25, -0.2) is 0 Å². The van der Waals surface area contributed by atoms with E-state index in [1.54, 1.807) is 0 Å². The predicted molar refractivity (Wildman–Crippen MR) is 66.8 cm³/mol. The number of hydrogen-bond donors (Lipinski definition) is 2. The number of nitrogens with one attached hydrogen (secondary N) is 2. The van der Waals surface area contributed by atoms with E-state index in [9.17, 15) is 0 Å². The molecule has 0 saturated carbocycles. The SMILES string of the molecule is CC1=CC(c2ccc(Cl)cc2)NC(=S)N1. The molecule has 1 atom stereocenters. The van der Waals surface area contributed by atoms with Crippen molar-refractivity contribution in [2.45, 2.75) is 13.0 Å². The first-order valence-corrected chi connectivity index (χ1v) is 5.45. The molecule has 78 valence electrons. The summed E-state index contributed by atoms with van der Waals surface area (Å²) in [6, 6.07) is 7.89. The van der Waals surface area contributed by atoms with E-state index in [-0.39, 0.29) is 6.04 Å². The van der Waals surface area contributed by atoms with Gasteiger partial charge in [0.15, 0.2) is 5.11 Å². The molecule has 1 aromatic carbocycles. The summed E-state index contributed by atoms with van der Waals surface area (Å²) in [4.78, 5) is 0. The summed E-state index contributed by atoms with van der Waals surface area (Å²) in [6.07, 6.45) is 2.10. The Balaban J connectivity index is 2.27. The van der Waals surface area contributed by atoms with Gasteiger partial charge in [0.25, 0.3) is 0 Å². The highest BCUT2D eigenvalue weighted by atomic mass is 35.5. The fourth-order valence-electron chi connectivity index (χ4n) is 1.54. The van der Waals surface area contributed by atoms with Crippen LogP contribution in [0.15, 0.2) is 36.0 Å². The molecule has 0 saturated heterocycles. The third kappa shape index (κ3) is 2.49. The van der Waals surface area contributed by atoms with Gasteiger partial charge in [-0.05, 0) is 42.9 Å². The van der Waals surface area contributed by atoms with E-state index in [1.165, 1.54) is 0 Å². The minimum Gasteiger partial charge on any atom is -0.352 e. The Labute approximate surface area is 99.3 Å². The van der Waals surface area contributed by atoms with Gasteiger partial charge < -0.3 is 10.6 Å². The molecule has 0 radical (unpaired) electrons. The molecular formula is C11H11ClN2S. The Morgan fingerprint density at radius 3 is 2.53 bits per heavy atom. The topological polar surface area (TPSA) is 24.1 Å². The van der Waals surface area contributed by atoms with E-state index < -0.39 is 0 Å². The summed E-state index contributed by atoms with van der Waals surface area (Å²) >= 11 is 10.9. The number of allylic oxidation sites excluding steroid dienone is 1. The number of benzene rings is 1. The molecule has 0 aliphatic carbocycles. The minimum atomic E-state index is 0.135. The normalized spacial score (nSPS) is 20.3. The molecule has 15 heavy (non-hydrogen) atoms. The molecule has 2 nitrogen and oxygen atoms in total. The van der Waals surface area contributed by atoms with Crippen LogP contribution in [0.4, 0.5) is 0 Å². The van der Waals surface area contributed by atoms with Crippen molar-refractivity contribution in [2.75, 3.05) is 0 Å². The van der Waals surface area contributed by atoms with Crippen LogP contribution in [0.25, 0.3) is 0 Å². The maximum atomic E-state index is 5.83. The highest BCUT2D eigenvalue weighted by molar-refractivity contribution is 7.80. The van der Waals surface area contributed by atoms with Gasteiger partial charge in [0.05, 0.1) is 6.04 Å². The van der Waals surface area contributed by atoms with Crippen LogP contribution in [0, 0.1) is 0 Å². The molecule has 1 aliphatic heterocycles. The van der Waals surface area contributed by atoms with Gasteiger partial charge >= 0.3 is 0 Å². The zero-order valence-corrected chi connectivity index (χ0v) is 9.82. The van der Waals surface area contributed by atoms with Crippen molar-refractivity contribution >= 4 is 28.9 Å². The van der Waals surface area contributed by atoms with Crippen LogP contribution in [-0.2, 0) is 0 Å². The second-order valence-electron chi connectivity index (χ2n) is 3.48. The molecule has 1 unspecified atom stereocenters. The monoisotopic (exact) mass is 238 g/mol. The quantitative estimate of drug-likeness (QED) is 0.736. The molecule has 2 rings (SSSR count). The van der Waals surface area contributed by atoms with Crippen molar-refractivity contribution in [3.8, 4) is 0 Å². The molecule has 0 amide bonds. The summed E-state index contributed by atoms with van der Waals surface area (Å²) in [6.45, 7) is 2.00. The van der Waals surface area contributed by atoms with Crippen molar-refractivity contribution in [1.82, 2.24) is 10.6 Å². The third-order valence-electron chi connectivity index (χ3n) is 2.24. The standard InChI is InChI=1S/C11H11ClN2S/c1-7-6-10(14-11(15)13-7)8-2-4-9(12)5-3-8/h2-6,10H,1H3,(H2,13,14,15). The van der Waals surface area contributed by atoms with E-state index in [0.29, 0.717) is 5.11 Å². The fourth-order valence-corrected chi connectivity index (χ4v) is 1.95. The largest absolute Gasteiger partial charge is 0.352 e. The van der Waals surface area contributed by atoms with Crippen LogP contribution in [0.2, 0.25) is 5.02 Å². The Bertz CT molecular complexity index is 411. The maximum Gasteiger partial charge on any atom is 0.171 e. The Hall–Kier alpha value is -1.06. The average molecular weight is 239 g/mol. The first-order chi connectivity index (χ1) is 7.15. The van der Waals surface area contributed by atoms with Crippen molar-refractivity contribution < 1.29 is 0 Å². The van der Waals surface area contributed by atoms with Gasteiger partial charge in [0.2, 0.25) is 0 Å². The molecule has 1 heterocycles. The first-order valence-electron chi connectivity index (χ1n) is 4.66. The van der Waals surface area contributed by atoms with E-state index in [2.05, 4.69) is 16.7 Å². The van der Waals surface area contributed by atoms with E-state index in [4.69, 9.17) is 23.8 Å². The van der Waals surface area contributed by atoms with Crippen LogP contribution in [0.1, 0.15) is 18.5 Å². The fraction of sp³-hybridized carbons (Fsp3) is 0.182. The minimum absolute atomic E-state index is 0.135. The van der Waals surface area contributed by atoms with Crippen molar-refractivity contribution in [1.29, 1.82) is 0 Å². The lowest BCUT2D eigenvalue weighted by Gasteiger charge is -2.24. The van der Waals surface area contributed by atoms with E-state index in [1.807, 2.05) is 31.2 Å². The van der Waals surface area contributed by atoms with E-state index >= 15 is 0 Å². The molecule has 0 fully saturated rings. The molecule has 0 aromatic heterocycles. The van der Waals surface area contributed by atoms with Gasteiger partial charge in [-0.3, -0.25) is 0 Å². The van der Waals surface area contributed by atoms with Gasteiger partial charge in [-0.1, -0.05) is 23.7 Å². The lowest BCUT2D eigenvalue weighted by molar-refractivity contribution is 0.739. The van der Waals surface area contributed by atoms with Crippen molar-refractivity contribution in [2.24, 2.45) is 0 Å². The zero-order valence-electron chi connectivity index (χ0n) is 8.25. The molecule has 0 spiro atoms. The average Bonchev–Trinajstić information content (AvgIpc) is 2.17. The molecular weight excluding hydrogens is 228 g/mol. The predicted octanol–water partition coefficient (Wildman–Crippen LogP) is 2.76. The number of halogens is 1. The number of thiocarbonyl (C=S) groups is 1. The first kappa shape index (κ1) is 10.5. The van der Waals surface area contributed by atoms with Gasteiger partial charge in [0, 0.05) is 10.7 Å². The second-order valence-corrected chi connectivity index (χ2v) is 4.32.